The molecule has 0 spiro atoms. The predicted octanol–water partition coefficient (Wildman–Crippen LogP) is -0.331. The fourth-order valence-electron chi connectivity index (χ4n) is 1.39. The Balaban J connectivity index is 2.56. The van der Waals surface area contributed by atoms with Gasteiger partial charge in [-0.25, -0.2) is 0 Å². The van der Waals surface area contributed by atoms with Gasteiger partial charge in [0.05, 0.1) is 6.54 Å². The van der Waals surface area contributed by atoms with Crippen LogP contribution in [0.5, 0.6) is 0 Å². The van der Waals surface area contributed by atoms with Gasteiger partial charge in [0.2, 0.25) is 5.91 Å². The minimum absolute atomic E-state index is 0.0365. The van der Waals surface area contributed by atoms with Crippen LogP contribution in [0.15, 0.2) is 11.8 Å². The molecule has 1 saturated heterocycles. The largest absolute Gasteiger partial charge is 0.385 e. The highest BCUT2D eigenvalue weighted by molar-refractivity contribution is 5.73. The lowest BCUT2D eigenvalue weighted by Crippen LogP contribution is -2.44. The fraction of sp³-hybridized carbons (Fsp3) is 0.667. The van der Waals surface area contributed by atoms with Crippen molar-refractivity contribution in [3.05, 3.63) is 11.8 Å². The van der Waals surface area contributed by atoms with Crippen molar-refractivity contribution in [1.82, 2.24) is 10.2 Å². The third kappa shape index (κ3) is 3.06. The molecule has 4 heteroatoms. The van der Waals surface area contributed by atoms with Gasteiger partial charge in [0.15, 0.2) is 0 Å². The van der Waals surface area contributed by atoms with Gasteiger partial charge in [0, 0.05) is 31.8 Å². The lowest BCUT2D eigenvalue weighted by molar-refractivity contribution is -0.128. The molecule has 1 amide bonds. The molecule has 1 heterocycles. The second-order valence-electron chi connectivity index (χ2n) is 3.42. The number of hydrogen-bond donors (Lipinski definition) is 2. The predicted molar refractivity (Wildman–Crippen MR) is 52.0 cm³/mol. The van der Waals surface area contributed by atoms with Crippen LogP contribution in [0.1, 0.15) is 13.8 Å². The monoisotopic (exact) mass is 183 g/mol. The van der Waals surface area contributed by atoms with Crippen molar-refractivity contribution >= 4 is 5.91 Å². The third-order valence-electron chi connectivity index (χ3n) is 2.00. The minimum atomic E-state index is 0.0365. The summed E-state index contributed by atoms with van der Waals surface area (Å²) >= 11 is 0. The SMILES string of the molecule is CC(=O)N1CCN/C(=C\C(C)N)C1. The summed E-state index contributed by atoms with van der Waals surface area (Å²) in [6.07, 6.45) is 1.95. The normalized spacial score (nSPS) is 22.7. The zero-order chi connectivity index (χ0) is 9.84. The number of rotatable bonds is 1. The maximum Gasteiger partial charge on any atom is 0.219 e. The van der Waals surface area contributed by atoms with Gasteiger partial charge in [0.1, 0.15) is 0 Å². The molecule has 0 aromatic heterocycles. The summed E-state index contributed by atoms with van der Waals surface area (Å²) in [5, 5.41) is 3.22. The zero-order valence-corrected chi connectivity index (χ0v) is 8.21. The molecule has 13 heavy (non-hydrogen) atoms. The number of carbonyl (C=O) groups excluding carboxylic acids is 1. The molecule has 1 aliphatic rings. The van der Waals surface area contributed by atoms with Crippen LogP contribution in [0.4, 0.5) is 0 Å². The summed E-state index contributed by atoms with van der Waals surface area (Å²) in [6, 6.07) is 0.0365. The third-order valence-corrected chi connectivity index (χ3v) is 2.00. The van der Waals surface area contributed by atoms with Crippen LogP contribution >= 0.6 is 0 Å². The van der Waals surface area contributed by atoms with Crippen LogP contribution in [0.2, 0.25) is 0 Å². The molecule has 0 saturated carbocycles. The standard InChI is InChI=1S/C9H17N3O/c1-7(10)5-9-6-12(8(2)13)4-3-11-9/h5,7,11H,3-4,6,10H2,1-2H3/b9-5-. The van der Waals surface area contributed by atoms with Gasteiger partial charge in [-0.15, -0.1) is 0 Å². The Morgan fingerprint density at radius 1 is 1.77 bits per heavy atom. The summed E-state index contributed by atoms with van der Waals surface area (Å²) in [6.45, 7) is 5.77. The summed E-state index contributed by atoms with van der Waals surface area (Å²) in [7, 11) is 0. The lowest BCUT2D eigenvalue weighted by atomic mass is 10.2. The van der Waals surface area contributed by atoms with E-state index in [1.54, 1.807) is 6.92 Å². The zero-order valence-electron chi connectivity index (χ0n) is 8.21. The summed E-state index contributed by atoms with van der Waals surface area (Å²) in [4.78, 5) is 12.9. The van der Waals surface area contributed by atoms with E-state index in [0.717, 1.165) is 18.8 Å². The fourth-order valence-corrected chi connectivity index (χ4v) is 1.39. The molecule has 4 nitrogen and oxygen atoms in total. The summed E-state index contributed by atoms with van der Waals surface area (Å²) < 4.78 is 0. The second kappa shape index (κ2) is 4.28. The molecule has 0 aromatic carbocycles. The maximum atomic E-state index is 11.1. The average Bonchev–Trinajstić information content (AvgIpc) is 2.03. The molecule has 0 radical (unpaired) electrons. The molecule has 1 fully saturated rings. The van der Waals surface area contributed by atoms with E-state index >= 15 is 0 Å². The first-order valence-electron chi connectivity index (χ1n) is 4.55. The first kappa shape index (κ1) is 10.1. The lowest BCUT2D eigenvalue weighted by Gasteiger charge is -2.29. The molecular formula is C9H17N3O. The second-order valence-corrected chi connectivity index (χ2v) is 3.42. The first-order chi connectivity index (χ1) is 6.09. The Hall–Kier alpha value is -1.03. The van der Waals surface area contributed by atoms with E-state index in [1.165, 1.54) is 0 Å². The van der Waals surface area contributed by atoms with Gasteiger partial charge in [-0.3, -0.25) is 4.79 Å². The van der Waals surface area contributed by atoms with Crippen molar-refractivity contribution in [1.29, 1.82) is 0 Å². The number of piperazine rings is 1. The van der Waals surface area contributed by atoms with Gasteiger partial charge >= 0.3 is 0 Å². The van der Waals surface area contributed by atoms with Crippen LogP contribution in [0.25, 0.3) is 0 Å². The van der Waals surface area contributed by atoms with E-state index in [4.69, 9.17) is 5.73 Å². The Morgan fingerprint density at radius 3 is 3.00 bits per heavy atom. The maximum absolute atomic E-state index is 11.1. The highest BCUT2D eigenvalue weighted by atomic mass is 16.2. The van der Waals surface area contributed by atoms with Crippen LogP contribution in [-0.4, -0.2) is 36.5 Å². The number of nitrogens with one attached hydrogen (secondary N) is 1. The molecule has 1 rings (SSSR count). The van der Waals surface area contributed by atoms with Crippen molar-refractivity contribution in [2.75, 3.05) is 19.6 Å². The smallest absolute Gasteiger partial charge is 0.219 e. The number of amides is 1. The van der Waals surface area contributed by atoms with Crippen molar-refractivity contribution in [2.24, 2.45) is 5.73 Å². The average molecular weight is 183 g/mol. The Labute approximate surface area is 78.8 Å². The van der Waals surface area contributed by atoms with Gasteiger partial charge in [-0.1, -0.05) is 0 Å². The van der Waals surface area contributed by atoms with E-state index in [-0.39, 0.29) is 11.9 Å². The van der Waals surface area contributed by atoms with Crippen molar-refractivity contribution in [2.45, 2.75) is 19.9 Å². The molecule has 0 aromatic rings. The van der Waals surface area contributed by atoms with Crippen molar-refractivity contribution < 1.29 is 4.79 Å². The summed E-state index contributed by atoms with van der Waals surface area (Å²) in [5.74, 6) is 0.122. The first-order valence-corrected chi connectivity index (χ1v) is 4.55. The van der Waals surface area contributed by atoms with Crippen LogP contribution in [0, 0.1) is 0 Å². The molecule has 1 atom stereocenters. The van der Waals surface area contributed by atoms with Crippen molar-refractivity contribution in [3.8, 4) is 0 Å². The van der Waals surface area contributed by atoms with E-state index in [0.29, 0.717) is 6.54 Å². The topological polar surface area (TPSA) is 58.4 Å². The molecule has 0 aliphatic carbocycles. The van der Waals surface area contributed by atoms with Crippen LogP contribution in [-0.2, 0) is 4.79 Å². The van der Waals surface area contributed by atoms with E-state index in [1.807, 2.05) is 17.9 Å². The van der Waals surface area contributed by atoms with Gasteiger partial charge < -0.3 is 16.0 Å². The van der Waals surface area contributed by atoms with Crippen LogP contribution < -0.4 is 11.1 Å². The molecule has 3 N–H and O–H groups in total. The molecular weight excluding hydrogens is 166 g/mol. The number of carbonyl (C=O) groups is 1. The van der Waals surface area contributed by atoms with Gasteiger partial charge in [-0.05, 0) is 13.0 Å². The number of nitrogens with two attached hydrogens (primary N) is 1. The Kier molecular flexibility index (Phi) is 3.31. The minimum Gasteiger partial charge on any atom is -0.385 e. The Morgan fingerprint density at radius 2 is 2.46 bits per heavy atom. The number of nitrogens with zero attached hydrogens (tertiary/aromatic N) is 1. The number of hydrogen-bond acceptors (Lipinski definition) is 3. The molecule has 0 bridgehead atoms. The Bertz CT molecular complexity index is 223. The van der Waals surface area contributed by atoms with Crippen LogP contribution in [0.3, 0.4) is 0 Å². The van der Waals surface area contributed by atoms with E-state index in [9.17, 15) is 4.79 Å². The highest BCUT2D eigenvalue weighted by Gasteiger charge is 2.15. The highest BCUT2D eigenvalue weighted by Crippen LogP contribution is 2.02. The summed E-state index contributed by atoms with van der Waals surface area (Å²) in [5.41, 5.74) is 6.68. The van der Waals surface area contributed by atoms with Crippen molar-refractivity contribution in [3.63, 3.8) is 0 Å². The van der Waals surface area contributed by atoms with Gasteiger partial charge in [-0.2, -0.15) is 0 Å². The molecule has 1 aliphatic heterocycles. The molecule has 74 valence electrons. The van der Waals surface area contributed by atoms with Gasteiger partial charge in [0.25, 0.3) is 0 Å². The van der Waals surface area contributed by atoms with E-state index in [2.05, 4.69) is 5.32 Å². The quantitative estimate of drug-likeness (QED) is 0.585. The molecule has 1 unspecified atom stereocenters. The van der Waals surface area contributed by atoms with E-state index < -0.39 is 0 Å².